The zero-order chi connectivity index (χ0) is 16.7. The first-order valence-electron chi connectivity index (χ1n) is 8.06. The van der Waals surface area contributed by atoms with Crippen LogP contribution in [0, 0.1) is 0 Å². The highest BCUT2D eigenvalue weighted by molar-refractivity contribution is 5.82. The molecule has 1 aromatic rings. The number of likely N-dealkylation sites (N-methyl/N-ethyl adjacent to an activating group) is 1. The molecule has 2 rings (SSSR count). The molecule has 0 aromatic heterocycles. The zero-order valence-electron chi connectivity index (χ0n) is 14.2. The van der Waals surface area contributed by atoms with Gasteiger partial charge in [0.05, 0.1) is 12.7 Å². The summed E-state index contributed by atoms with van der Waals surface area (Å²) < 4.78 is 11.3. The number of nitrogens with zero attached hydrogens (tertiary/aromatic N) is 1. The van der Waals surface area contributed by atoms with Gasteiger partial charge in [-0.2, -0.15) is 0 Å². The molecule has 23 heavy (non-hydrogen) atoms. The number of carbonyl (C=O) groups is 1. The predicted octanol–water partition coefficient (Wildman–Crippen LogP) is 0.620. The van der Waals surface area contributed by atoms with E-state index in [0.717, 1.165) is 17.9 Å². The van der Waals surface area contributed by atoms with Gasteiger partial charge in [0.1, 0.15) is 18.4 Å². The molecule has 1 amide bonds. The Morgan fingerprint density at radius 2 is 2.22 bits per heavy atom. The summed E-state index contributed by atoms with van der Waals surface area (Å²) in [5.41, 5.74) is 0.976. The Balaban J connectivity index is 1.88. The molecule has 6 heteroatoms. The van der Waals surface area contributed by atoms with Crippen LogP contribution in [0.25, 0.3) is 0 Å². The highest BCUT2D eigenvalue weighted by Gasteiger charge is 2.28. The lowest BCUT2D eigenvalue weighted by molar-refractivity contribution is -0.129. The van der Waals surface area contributed by atoms with Gasteiger partial charge in [0, 0.05) is 25.2 Å². The van der Waals surface area contributed by atoms with E-state index in [9.17, 15) is 4.79 Å². The monoisotopic (exact) mass is 321 g/mol. The summed E-state index contributed by atoms with van der Waals surface area (Å²) >= 11 is 0. The molecule has 0 bridgehead atoms. The van der Waals surface area contributed by atoms with Crippen LogP contribution >= 0.6 is 0 Å². The van der Waals surface area contributed by atoms with Crippen molar-refractivity contribution >= 4 is 5.91 Å². The van der Waals surface area contributed by atoms with Gasteiger partial charge >= 0.3 is 0 Å². The van der Waals surface area contributed by atoms with Crippen LogP contribution in [-0.4, -0.2) is 63.4 Å². The minimum Gasteiger partial charge on any atom is -0.492 e. The second kappa shape index (κ2) is 8.86. The molecule has 1 aliphatic heterocycles. The third-order valence-electron chi connectivity index (χ3n) is 3.82. The van der Waals surface area contributed by atoms with Crippen molar-refractivity contribution in [3.05, 3.63) is 29.8 Å². The lowest BCUT2D eigenvalue weighted by atomic mass is 10.1. The first-order valence-corrected chi connectivity index (χ1v) is 8.06. The van der Waals surface area contributed by atoms with Crippen molar-refractivity contribution in [2.45, 2.75) is 25.6 Å². The van der Waals surface area contributed by atoms with Crippen LogP contribution in [-0.2, 0) is 16.1 Å². The molecule has 1 saturated heterocycles. The fraction of sp³-hybridized carbons (Fsp3) is 0.588. The molecule has 6 nitrogen and oxygen atoms in total. The van der Waals surface area contributed by atoms with Gasteiger partial charge in [0.25, 0.3) is 0 Å². The Labute approximate surface area is 138 Å². The Bertz CT molecular complexity index is 508. The molecule has 2 atom stereocenters. The molecule has 2 N–H and O–H groups in total. The first kappa shape index (κ1) is 17.7. The molecule has 0 spiro atoms. The van der Waals surface area contributed by atoms with Gasteiger partial charge in [-0.25, -0.2) is 0 Å². The van der Waals surface area contributed by atoms with Gasteiger partial charge in [0.2, 0.25) is 5.91 Å². The number of nitrogens with one attached hydrogen (secondary N) is 2. The molecule has 0 unspecified atom stereocenters. The van der Waals surface area contributed by atoms with Crippen molar-refractivity contribution in [1.82, 2.24) is 15.5 Å². The van der Waals surface area contributed by atoms with Crippen LogP contribution in [0.1, 0.15) is 12.5 Å². The van der Waals surface area contributed by atoms with Gasteiger partial charge in [-0.1, -0.05) is 18.2 Å². The van der Waals surface area contributed by atoms with E-state index in [4.69, 9.17) is 9.47 Å². The Hall–Kier alpha value is -1.63. The third-order valence-corrected chi connectivity index (χ3v) is 3.82. The van der Waals surface area contributed by atoms with Crippen LogP contribution in [0.15, 0.2) is 24.3 Å². The number of rotatable bonds is 7. The van der Waals surface area contributed by atoms with Crippen molar-refractivity contribution in [2.75, 3.05) is 40.4 Å². The normalized spacial score (nSPS) is 21.2. The highest BCUT2D eigenvalue weighted by atomic mass is 16.5. The van der Waals surface area contributed by atoms with Crippen molar-refractivity contribution < 1.29 is 14.3 Å². The SMILES string of the molecule is C[C@H]1OCCN[C@@H]1C(=O)NCc1ccccc1OCCN(C)C. The molecule has 1 aromatic carbocycles. The van der Waals surface area contributed by atoms with E-state index in [1.54, 1.807) is 0 Å². The molecule has 1 heterocycles. The summed E-state index contributed by atoms with van der Waals surface area (Å²) in [4.78, 5) is 14.4. The fourth-order valence-corrected chi connectivity index (χ4v) is 2.45. The van der Waals surface area contributed by atoms with Crippen molar-refractivity contribution in [3.63, 3.8) is 0 Å². The zero-order valence-corrected chi connectivity index (χ0v) is 14.2. The van der Waals surface area contributed by atoms with Gasteiger partial charge < -0.3 is 25.0 Å². The molecule has 128 valence electrons. The highest BCUT2D eigenvalue weighted by Crippen LogP contribution is 2.17. The van der Waals surface area contributed by atoms with Gasteiger partial charge in [-0.05, 0) is 27.1 Å². The summed E-state index contributed by atoms with van der Waals surface area (Å²) in [5, 5.41) is 6.16. The van der Waals surface area contributed by atoms with Gasteiger partial charge in [-0.15, -0.1) is 0 Å². The topological polar surface area (TPSA) is 62.8 Å². The summed E-state index contributed by atoms with van der Waals surface area (Å²) in [7, 11) is 4.02. The fourth-order valence-electron chi connectivity index (χ4n) is 2.45. The minimum atomic E-state index is -0.300. The molecule has 1 fully saturated rings. The first-order chi connectivity index (χ1) is 11.1. The lowest BCUT2D eigenvalue weighted by Crippen LogP contribution is -2.55. The number of benzene rings is 1. The lowest BCUT2D eigenvalue weighted by Gasteiger charge is -2.29. The Kier molecular flexibility index (Phi) is 6.83. The van der Waals surface area contributed by atoms with Crippen molar-refractivity contribution in [1.29, 1.82) is 0 Å². The average Bonchev–Trinajstić information content (AvgIpc) is 2.54. The molecule has 0 radical (unpaired) electrons. The quantitative estimate of drug-likeness (QED) is 0.771. The third kappa shape index (κ3) is 5.49. The standard InChI is InChI=1S/C17H27N3O3/c1-13-16(18-8-10-22-13)17(21)19-12-14-6-4-5-7-15(14)23-11-9-20(2)3/h4-7,13,16,18H,8-12H2,1-3H3,(H,19,21)/t13-,16+/m1/s1. The smallest absolute Gasteiger partial charge is 0.240 e. The molecular weight excluding hydrogens is 294 g/mol. The van der Waals surface area contributed by atoms with Crippen LogP contribution in [0.4, 0.5) is 0 Å². The van der Waals surface area contributed by atoms with Gasteiger partial charge in [0.15, 0.2) is 0 Å². The van der Waals surface area contributed by atoms with Crippen LogP contribution in [0.5, 0.6) is 5.75 Å². The van der Waals surface area contributed by atoms with E-state index in [2.05, 4.69) is 15.5 Å². The minimum absolute atomic E-state index is 0.0414. The number of hydrogen-bond acceptors (Lipinski definition) is 5. The Morgan fingerprint density at radius 1 is 1.43 bits per heavy atom. The van der Waals surface area contributed by atoms with Crippen LogP contribution < -0.4 is 15.4 Å². The van der Waals surface area contributed by atoms with E-state index in [1.807, 2.05) is 45.3 Å². The van der Waals surface area contributed by atoms with Crippen LogP contribution in [0.2, 0.25) is 0 Å². The number of morpholine rings is 1. The predicted molar refractivity (Wildman–Crippen MR) is 89.5 cm³/mol. The number of ether oxygens (including phenoxy) is 2. The second-order valence-corrected chi connectivity index (χ2v) is 5.98. The molecule has 1 aliphatic rings. The Morgan fingerprint density at radius 3 is 2.96 bits per heavy atom. The maximum atomic E-state index is 12.3. The van der Waals surface area contributed by atoms with E-state index in [-0.39, 0.29) is 18.1 Å². The van der Waals surface area contributed by atoms with E-state index in [0.29, 0.717) is 26.3 Å². The molecule has 0 saturated carbocycles. The number of para-hydroxylation sites is 1. The summed E-state index contributed by atoms with van der Waals surface area (Å²) in [6, 6.07) is 7.49. The van der Waals surface area contributed by atoms with E-state index >= 15 is 0 Å². The average molecular weight is 321 g/mol. The van der Waals surface area contributed by atoms with E-state index in [1.165, 1.54) is 0 Å². The van der Waals surface area contributed by atoms with Crippen molar-refractivity contribution in [2.24, 2.45) is 0 Å². The number of amides is 1. The maximum absolute atomic E-state index is 12.3. The summed E-state index contributed by atoms with van der Waals surface area (Å²) in [6.07, 6.45) is -0.115. The van der Waals surface area contributed by atoms with E-state index < -0.39 is 0 Å². The number of carbonyl (C=O) groups excluding carboxylic acids is 1. The second-order valence-electron chi connectivity index (χ2n) is 5.98. The molecular formula is C17H27N3O3. The van der Waals surface area contributed by atoms with Crippen molar-refractivity contribution in [3.8, 4) is 5.75 Å². The summed E-state index contributed by atoms with van der Waals surface area (Å²) in [6.45, 7) is 5.17. The van der Waals surface area contributed by atoms with Crippen LogP contribution in [0.3, 0.4) is 0 Å². The van der Waals surface area contributed by atoms with Gasteiger partial charge in [-0.3, -0.25) is 4.79 Å². The largest absolute Gasteiger partial charge is 0.492 e. The maximum Gasteiger partial charge on any atom is 0.240 e. The number of hydrogen-bond donors (Lipinski definition) is 2. The molecule has 0 aliphatic carbocycles. The summed E-state index contributed by atoms with van der Waals surface area (Å²) in [5.74, 6) is 0.774.